The second-order valence-corrected chi connectivity index (χ2v) is 7.52. The van der Waals surface area contributed by atoms with E-state index in [9.17, 15) is 0 Å². The Kier molecular flexibility index (Phi) is 3.70. The van der Waals surface area contributed by atoms with Gasteiger partial charge in [-0.3, -0.25) is 0 Å². The van der Waals surface area contributed by atoms with E-state index >= 15 is 0 Å². The zero-order chi connectivity index (χ0) is 12.6. The first-order valence-electron chi connectivity index (χ1n) is 5.27. The topological polar surface area (TPSA) is 0 Å². The highest BCUT2D eigenvalue weighted by atomic mass is 31.1. The van der Waals surface area contributed by atoms with Crippen molar-refractivity contribution in [2.24, 2.45) is 0 Å². The summed E-state index contributed by atoms with van der Waals surface area (Å²) in [7, 11) is 3.99. The summed E-state index contributed by atoms with van der Waals surface area (Å²) in [6.07, 6.45) is 11.9. The number of rotatable bonds is 2. The maximum atomic E-state index is 5.53. The molecule has 0 nitrogen and oxygen atoms in total. The van der Waals surface area contributed by atoms with Gasteiger partial charge in [-0.2, -0.15) is 0 Å². The van der Waals surface area contributed by atoms with Gasteiger partial charge in [0.2, 0.25) is 0 Å². The van der Waals surface area contributed by atoms with Gasteiger partial charge in [0, 0.05) is 5.16 Å². The summed E-state index contributed by atoms with van der Waals surface area (Å²) in [5, 5.41) is 1.00. The molecule has 0 bridgehead atoms. The summed E-state index contributed by atoms with van der Waals surface area (Å²) < 4.78 is 0. The highest BCUT2D eigenvalue weighted by Gasteiger charge is 2.37. The van der Waals surface area contributed by atoms with E-state index in [1.165, 1.54) is 24.6 Å². The third kappa shape index (κ3) is 2.25. The number of allylic oxidation sites excluding steroid dienone is 2. The highest BCUT2D eigenvalue weighted by molar-refractivity contribution is 7.44. The Hall–Kier alpha value is -0.540. The summed E-state index contributed by atoms with van der Waals surface area (Å²) in [5.41, 5.74) is 2.83. The van der Waals surface area contributed by atoms with Gasteiger partial charge in [0.25, 0.3) is 0 Å². The van der Waals surface area contributed by atoms with Crippen LogP contribution >= 0.6 is 17.4 Å². The molecule has 0 amide bonds. The molecule has 0 saturated carbocycles. The van der Waals surface area contributed by atoms with E-state index < -0.39 is 5.16 Å². The van der Waals surface area contributed by atoms with Crippen molar-refractivity contribution in [1.29, 1.82) is 0 Å². The smallest absolute Gasteiger partial charge is 0.106 e. The first-order valence-corrected chi connectivity index (χ1v) is 6.74. The molecule has 2 heteroatoms. The summed E-state index contributed by atoms with van der Waals surface area (Å²) in [4.78, 5) is 0. The van der Waals surface area contributed by atoms with Gasteiger partial charge in [0.05, 0.1) is 0 Å². The van der Waals surface area contributed by atoms with Crippen LogP contribution in [0.2, 0.25) is 0 Å². The van der Waals surface area contributed by atoms with Gasteiger partial charge in [0.15, 0.2) is 0 Å². The molecule has 0 saturated heterocycles. The van der Waals surface area contributed by atoms with Crippen LogP contribution in [0.5, 0.6) is 0 Å². The summed E-state index contributed by atoms with van der Waals surface area (Å²) in [6, 6.07) is 0. The minimum absolute atomic E-state index is 0.0919. The monoisotopic (exact) mass is 248 g/mol. The third-order valence-electron chi connectivity index (χ3n) is 3.47. The fourth-order valence-electron chi connectivity index (χ4n) is 2.07. The van der Waals surface area contributed by atoms with Crippen molar-refractivity contribution < 1.29 is 0 Å². The predicted molar refractivity (Wildman–Crippen MR) is 79.1 cm³/mol. The Morgan fingerprint density at radius 1 is 1.31 bits per heavy atom. The van der Waals surface area contributed by atoms with Gasteiger partial charge >= 0.3 is 0 Å². The Morgan fingerprint density at radius 3 is 2.12 bits per heavy atom. The normalized spacial score (nSPS) is 26.1. The van der Waals surface area contributed by atoms with Crippen molar-refractivity contribution in [3.05, 3.63) is 11.1 Å². The second-order valence-electron chi connectivity index (χ2n) is 4.66. The summed E-state index contributed by atoms with van der Waals surface area (Å²) in [6.45, 7) is 8.80. The van der Waals surface area contributed by atoms with Crippen LogP contribution in [-0.4, -0.2) is 15.6 Å². The Bertz CT molecular complexity index is 440. The maximum absolute atomic E-state index is 5.53. The molecule has 0 spiro atoms. The first-order chi connectivity index (χ1) is 7.28. The standard InChI is InChI=1S/C14H18P2/c1-7-14(15,8-2)9-13(6)11(4)10(3)12(5)16-13/h1-2H,9,15H2,3-6H3. The highest BCUT2D eigenvalue weighted by Crippen LogP contribution is 2.48. The molecule has 0 aromatic rings. The molecule has 16 heavy (non-hydrogen) atoms. The lowest BCUT2D eigenvalue weighted by atomic mass is 9.87. The molecule has 0 N–H and O–H groups in total. The number of hydrogen-bond donors (Lipinski definition) is 0. The SMILES string of the molecule is C#CC(P)(C#C)CC1(C)P=C(C)C(C)=C1C. The molecular formula is C14H18P2. The van der Waals surface area contributed by atoms with Crippen LogP contribution < -0.4 is 0 Å². The predicted octanol–water partition coefficient (Wildman–Crippen LogP) is 3.50. The lowest BCUT2D eigenvalue weighted by molar-refractivity contribution is 0.644. The van der Waals surface area contributed by atoms with Crippen LogP contribution in [0.1, 0.15) is 34.1 Å². The molecule has 1 aliphatic rings. The van der Waals surface area contributed by atoms with Crippen LogP contribution in [0.4, 0.5) is 0 Å². The maximum Gasteiger partial charge on any atom is 0.106 e. The van der Waals surface area contributed by atoms with Gasteiger partial charge < -0.3 is 0 Å². The van der Waals surface area contributed by atoms with E-state index in [1.54, 1.807) is 0 Å². The van der Waals surface area contributed by atoms with Gasteiger partial charge in [-0.1, -0.05) is 25.6 Å². The quantitative estimate of drug-likeness (QED) is 0.518. The fraction of sp³-hybridized carbons (Fsp3) is 0.500. The number of hydrogen-bond acceptors (Lipinski definition) is 0. The van der Waals surface area contributed by atoms with E-state index in [0.29, 0.717) is 0 Å². The molecule has 0 aromatic heterocycles. The summed E-state index contributed by atoms with van der Waals surface area (Å²) in [5.74, 6) is 5.44. The Balaban J connectivity index is 3.11. The van der Waals surface area contributed by atoms with Crippen molar-refractivity contribution in [1.82, 2.24) is 0 Å². The molecule has 1 rings (SSSR count). The van der Waals surface area contributed by atoms with Crippen LogP contribution in [-0.2, 0) is 0 Å². The zero-order valence-electron chi connectivity index (χ0n) is 10.4. The van der Waals surface area contributed by atoms with Crippen LogP contribution in [0.25, 0.3) is 0 Å². The molecule has 2 unspecified atom stereocenters. The molecule has 0 radical (unpaired) electrons. The van der Waals surface area contributed by atoms with Crippen molar-refractivity contribution in [2.75, 3.05) is 0 Å². The van der Waals surface area contributed by atoms with Crippen molar-refractivity contribution in [3.63, 3.8) is 0 Å². The second kappa shape index (κ2) is 4.38. The van der Waals surface area contributed by atoms with Gasteiger partial charge in [-0.25, -0.2) is 0 Å². The molecule has 0 aliphatic carbocycles. The van der Waals surface area contributed by atoms with E-state index in [1.807, 2.05) is 0 Å². The Labute approximate surface area is 103 Å². The average Bonchev–Trinajstić information content (AvgIpc) is 2.43. The number of terminal acetylenes is 2. The zero-order valence-corrected chi connectivity index (χ0v) is 12.4. The molecular weight excluding hydrogens is 230 g/mol. The van der Waals surface area contributed by atoms with E-state index in [2.05, 4.69) is 48.8 Å². The van der Waals surface area contributed by atoms with E-state index in [-0.39, 0.29) is 5.16 Å². The van der Waals surface area contributed by atoms with Crippen LogP contribution in [0.3, 0.4) is 0 Å². The summed E-state index contributed by atoms with van der Waals surface area (Å²) >= 11 is 0. The van der Waals surface area contributed by atoms with Crippen molar-refractivity contribution in [3.8, 4) is 24.7 Å². The fourth-order valence-corrected chi connectivity index (χ4v) is 4.39. The molecule has 84 valence electrons. The minimum Gasteiger partial charge on any atom is -0.118 e. The molecule has 0 fully saturated rings. The lowest BCUT2D eigenvalue weighted by Crippen LogP contribution is -2.29. The van der Waals surface area contributed by atoms with Gasteiger partial charge in [-0.15, -0.1) is 22.1 Å². The van der Waals surface area contributed by atoms with Gasteiger partial charge in [0.1, 0.15) is 5.16 Å². The lowest BCUT2D eigenvalue weighted by Gasteiger charge is -2.30. The van der Waals surface area contributed by atoms with Crippen molar-refractivity contribution >= 4 is 22.7 Å². The van der Waals surface area contributed by atoms with Crippen LogP contribution in [0.15, 0.2) is 11.1 Å². The molecule has 2 atom stereocenters. The third-order valence-corrected chi connectivity index (χ3v) is 5.66. The molecule has 1 heterocycles. The van der Waals surface area contributed by atoms with E-state index in [0.717, 1.165) is 6.42 Å². The first kappa shape index (κ1) is 13.5. The Morgan fingerprint density at radius 2 is 1.81 bits per heavy atom. The largest absolute Gasteiger partial charge is 0.118 e. The van der Waals surface area contributed by atoms with Crippen molar-refractivity contribution in [2.45, 2.75) is 44.4 Å². The molecule has 0 aromatic carbocycles. The van der Waals surface area contributed by atoms with Crippen LogP contribution in [0, 0.1) is 24.7 Å². The average molecular weight is 248 g/mol. The van der Waals surface area contributed by atoms with Gasteiger partial charge in [-0.05, 0) is 45.0 Å². The minimum atomic E-state index is -0.520. The van der Waals surface area contributed by atoms with E-state index in [4.69, 9.17) is 12.8 Å². The molecule has 1 aliphatic heterocycles.